The molecule has 1 saturated heterocycles. The monoisotopic (exact) mass is 342 g/mol. The van der Waals surface area contributed by atoms with Crippen molar-refractivity contribution in [1.29, 1.82) is 5.26 Å². The zero-order valence-corrected chi connectivity index (χ0v) is 14.2. The highest BCUT2D eigenvalue weighted by Gasteiger charge is 2.44. The number of carboxylic acids is 1. The molecule has 3 rings (SSSR count). The lowest BCUT2D eigenvalue weighted by atomic mass is 9.67. The van der Waals surface area contributed by atoms with Gasteiger partial charge in [-0.05, 0) is 61.1 Å². The Morgan fingerprint density at radius 2 is 1.92 bits per heavy atom. The van der Waals surface area contributed by atoms with E-state index in [0.717, 1.165) is 19.3 Å². The summed E-state index contributed by atoms with van der Waals surface area (Å²) < 4.78 is 4.76. The van der Waals surface area contributed by atoms with E-state index in [0.29, 0.717) is 30.4 Å². The summed E-state index contributed by atoms with van der Waals surface area (Å²) in [4.78, 5) is 24.9. The lowest BCUT2D eigenvalue weighted by Gasteiger charge is -2.45. The van der Waals surface area contributed by atoms with Crippen molar-refractivity contribution in [2.45, 2.75) is 37.6 Å². The fraction of sp³-hybridized carbons (Fsp3) is 0.526. The number of amides is 1. The molecular weight excluding hydrogens is 320 g/mol. The van der Waals surface area contributed by atoms with Crippen molar-refractivity contribution < 1.29 is 19.4 Å². The van der Waals surface area contributed by atoms with Crippen LogP contribution < -0.4 is 0 Å². The second kappa shape index (κ2) is 7.14. The topological polar surface area (TPSA) is 90.6 Å². The second-order valence-corrected chi connectivity index (χ2v) is 6.98. The largest absolute Gasteiger partial charge is 0.480 e. The maximum absolute atomic E-state index is 11.9. The van der Waals surface area contributed by atoms with E-state index in [2.05, 4.69) is 6.07 Å². The molecule has 6 nitrogen and oxygen atoms in total. The molecule has 1 heterocycles. The maximum atomic E-state index is 11.9. The number of benzene rings is 1. The van der Waals surface area contributed by atoms with E-state index in [1.54, 1.807) is 0 Å². The number of likely N-dealkylation sites (tertiary alicyclic amines) is 1. The molecule has 1 aliphatic heterocycles. The summed E-state index contributed by atoms with van der Waals surface area (Å²) in [5.41, 5.74) is 1.86. The summed E-state index contributed by atoms with van der Waals surface area (Å²) >= 11 is 0. The predicted molar refractivity (Wildman–Crippen MR) is 89.9 cm³/mol. The number of piperidine rings is 1. The van der Waals surface area contributed by atoms with Gasteiger partial charge < -0.3 is 9.84 Å². The Hall–Kier alpha value is -2.55. The Balaban J connectivity index is 1.73. The molecule has 1 N–H and O–H groups in total. The van der Waals surface area contributed by atoms with Gasteiger partial charge in [0.05, 0.1) is 18.7 Å². The Bertz CT molecular complexity index is 694. The van der Waals surface area contributed by atoms with Crippen molar-refractivity contribution in [3.63, 3.8) is 0 Å². The summed E-state index contributed by atoms with van der Waals surface area (Å²) in [6.45, 7) is 0.453. The molecule has 0 radical (unpaired) electrons. The number of ether oxygens (including phenoxy) is 1. The molecule has 6 heteroatoms. The van der Waals surface area contributed by atoms with Crippen LogP contribution in [-0.4, -0.2) is 41.8 Å². The molecule has 1 aliphatic carbocycles. The van der Waals surface area contributed by atoms with Crippen molar-refractivity contribution in [3.8, 4) is 6.07 Å². The summed E-state index contributed by atoms with van der Waals surface area (Å²) in [5, 5.41) is 18.4. The number of carboxylic acid groups (broad SMARTS) is 1. The number of hydrogen-bond donors (Lipinski definition) is 1. The fourth-order valence-electron chi connectivity index (χ4n) is 4.34. The van der Waals surface area contributed by atoms with Crippen LogP contribution in [0.2, 0.25) is 0 Å². The average Bonchev–Trinajstić information content (AvgIpc) is 2.65. The Morgan fingerprint density at radius 3 is 2.52 bits per heavy atom. The van der Waals surface area contributed by atoms with Crippen LogP contribution in [0.5, 0.6) is 0 Å². The van der Waals surface area contributed by atoms with E-state index < -0.39 is 18.1 Å². The van der Waals surface area contributed by atoms with Gasteiger partial charge in [-0.1, -0.05) is 12.1 Å². The first-order valence-electron chi connectivity index (χ1n) is 8.61. The van der Waals surface area contributed by atoms with Gasteiger partial charge in [-0.15, -0.1) is 0 Å². The lowest BCUT2D eigenvalue weighted by Crippen LogP contribution is -2.54. The van der Waals surface area contributed by atoms with E-state index in [9.17, 15) is 14.7 Å². The fourth-order valence-corrected chi connectivity index (χ4v) is 4.34. The van der Waals surface area contributed by atoms with Gasteiger partial charge in [0, 0.05) is 6.54 Å². The van der Waals surface area contributed by atoms with Crippen molar-refractivity contribution in [2.75, 3.05) is 13.7 Å². The number of methoxy groups -OCH3 is 1. The zero-order valence-electron chi connectivity index (χ0n) is 14.2. The lowest BCUT2D eigenvalue weighted by molar-refractivity contribution is -0.146. The van der Waals surface area contributed by atoms with Gasteiger partial charge in [0.1, 0.15) is 6.04 Å². The highest BCUT2D eigenvalue weighted by atomic mass is 16.5. The summed E-state index contributed by atoms with van der Waals surface area (Å²) in [5.74, 6) is 0.0261. The van der Waals surface area contributed by atoms with Crippen molar-refractivity contribution in [2.24, 2.45) is 11.8 Å². The van der Waals surface area contributed by atoms with Crippen LogP contribution >= 0.6 is 0 Å². The van der Waals surface area contributed by atoms with Gasteiger partial charge in [0.15, 0.2) is 0 Å². The third kappa shape index (κ3) is 3.46. The Kier molecular flexibility index (Phi) is 4.93. The van der Waals surface area contributed by atoms with E-state index >= 15 is 0 Å². The van der Waals surface area contributed by atoms with Crippen molar-refractivity contribution in [3.05, 3.63) is 35.4 Å². The van der Waals surface area contributed by atoms with E-state index in [1.807, 2.05) is 24.3 Å². The minimum Gasteiger partial charge on any atom is -0.480 e. The van der Waals surface area contributed by atoms with Crippen molar-refractivity contribution in [1.82, 2.24) is 4.90 Å². The molecule has 1 aromatic carbocycles. The normalized spacial score (nSPS) is 28.6. The number of fused-ring (bicyclic) bond motifs is 1. The van der Waals surface area contributed by atoms with E-state index in [1.165, 1.54) is 17.6 Å². The number of hydrogen-bond acceptors (Lipinski definition) is 4. The standard InChI is InChI=1S/C19H22N2O4/c1-25-19(24)21-11-15-7-6-14(8-16(15)9-17(21)18(22)23)13-4-2-12(10-20)3-5-13/h2-5,14-17H,6-9,11H2,1H3,(H,22,23). The molecule has 2 fully saturated rings. The molecule has 0 spiro atoms. The van der Waals surface area contributed by atoms with E-state index in [-0.39, 0.29) is 5.92 Å². The first-order chi connectivity index (χ1) is 12.0. The average molecular weight is 342 g/mol. The Morgan fingerprint density at radius 1 is 1.20 bits per heavy atom. The molecule has 0 bridgehead atoms. The molecule has 0 aromatic heterocycles. The van der Waals surface area contributed by atoms with Crippen LogP contribution in [0.15, 0.2) is 24.3 Å². The van der Waals surface area contributed by atoms with Crippen LogP contribution in [0.1, 0.15) is 42.7 Å². The number of carbonyl (C=O) groups excluding carboxylic acids is 1. The van der Waals surface area contributed by atoms with Crippen LogP contribution in [-0.2, 0) is 9.53 Å². The van der Waals surface area contributed by atoms with Crippen LogP contribution in [0.3, 0.4) is 0 Å². The smallest absolute Gasteiger partial charge is 0.410 e. The number of rotatable bonds is 2. The van der Waals surface area contributed by atoms with Crippen LogP contribution in [0.4, 0.5) is 4.79 Å². The number of nitrogens with zero attached hydrogens (tertiary/aromatic N) is 2. The first-order valence-corrected chi connectivity index (χ1v) is 8.61. The van der Waals surface area contributed by atoms with Crippen molar-refractivity contribution >= 4 is 12.1 Å². The zero-order chi connectivity index (χ0) is 18.0. The SMILES string of the molecule is COC(=O)N1CC2CCC(c3ccc(C#N)cc3)CC2CC1C(=O)O. The van der Waals surface area contributed by atoms with Crippen LogP contribution in [0, 0.1) is 23.2 Å². The Labute approximate surface area is 147 Å². The second-order valence-electron chi connectivity index (χ2n) is 6.98. The number of aliphatic carboxylic acids is 1. The highest BCUT2D eigenvalue weighted by Crippen LogP contribution is 2.44. The maximum Gasteiger partial charge on any atom is 0.410 e. The van der Waals surface area contributed by atoms with Gasteiger partial charge >= 0.3 is 12.1 Å². The molecule has 4 atom stereocenters. The van der Waals surface area contributed by atoms with Gasteiger partial charge in [0.2, 0.25) is 0 Å². The van der Waals surface area contributed by atoms with Crippen LogP contribution in [0.25, 0.3) is 0 Å². The summed E-state index contributed by atoms with van der Waals surface area (Å²) in [7, 11) is 1.29. The molecule has 4 unspecified atom stereocenters. The summed E-state index contributed by atoms with van der Waals surface area (Å²) in [6.07, 6.45) is 2.83. The van der Waals surface area contributed by atoms with Gasteiger partial charge in [-0.2, -0.15) is 5.26 Å². The molecule has 132 valence electrons. The number of nitriles is 1. The summed E-state index contributed by atoms with van der Waals surface area (Å²) in [6, 6.07) is 8.99. The predicted octanol–water partition coefficient (Wildman–Crippen LogP) is 2.98. The van der Waals surface area contributed by atoms with E-state index in [4.69, 9.17) is 10.00 Å². The van der Waals surface area contributed by atoms with Gasteiger partial charge in [-0.3, -0.25) is 4.90 Å². The molecule has 1 aromatic rings. The van der Waals surface area contributed by atoms with Gasteiger partial charge in [-0.25, -0.2) is 9.59 Å². The molecule has 25 heavy (non-hydrogen) atoms. The third-order valence-electron chi connectivity index (χ3n) is 5.68. The quantitative estimate of drug-likeness (QED) is 0.892. The highest BCUT2D eigenvalue weighted by molar-refractivity contribution is 5.80. The number of carbonyl (C=O) groups is 2. The first kappa shape index (κ1) is 17.3. The molecule has 1 amide bonds. The molecule has 2 aliphatic rings. The van der Waals surface area contributed by atoms with Gasteiger partial charge in [0.25, 0.3) is 0 Å². The third-order valence-corrected chi connectivity index (χ3v) is 5.68. The minimum absolute atomic E-state index is 0.288. The molecular formula is C19H22N2O4. The minimum atomic E-state index is -0.968. The molecule has 1 saturated carbocycles.